The number of amides is 4. The zero-order chi connectivity index (χ0) is 19.6. The first-order chi connectivity index (χ1) is 12.8. The number of imide groups is 1. The van der Waals surface area contributed by atoms with Gasteiger partial charge in [0.1, 0.15) is 12.1 Å². The second kappa shape index (κ2) is 7.68. The Bertz CT molecular complexity index is 725. The van der Waals surface area contributed by atoms with Crippen LogP contribution in [0.25, 0.3) is 0 Å². The fraction of sp³-hybridized carbons (Fsp3) is 0.550. The Hall–Kier alpha value is -2.41. The predicted octanol–water partition coefficient (Wildman–Crippen LogP) is 1.87. The first-order valence-corrected chi connectivity index (χ1v) is 9.44. The van der Waals surface area contributed by atoms with Crippen molar-refractivity contribution in [3.05, 3.63) is 35.4 Å². The normalized spacial score (nSPS) is 25.2. The molecule has 7 heteroatoms. The van der Waals surface area contributed by atoms with E-state index in [1.807, 2.05) is 24.3 Å². The maximum Gasteiger partial charge on any atom is 0.325 e. The molecule has 2 saturated heterocycles. The molecule has 2 aliphatic heterocycles. The quantitative estimate of drug-likeness (QED) is 0.745. The molecule has 2 fully saturated rings. The zero-order valence-corrected chi connectivity index (χ0v) is 16.1. The van der Waals surface area contributed by atoms with Gasteiger partial charge in [0, 0.05) is 13.2 Å². The number of carbonyl (C=O) groups excluding carboxylic acids is 3. The number of hydrogen-bond donors (Lipinski definition) is 2. The highest BCUT2D eigenvalue weighted by Crippen LogP contribution is 2.29. The minimum absolute atomic E-state index is 0.0155. The fourth-order valence-electron chi connectivity index (χ4n) is 3.47. The molecule has 0 spiro atoms. The van der Waals surface area contributed by atoms with Crippen LogP contribution in [0, 0.1) is 0 Å². The van der Waals surface area contributed by atoms with Gasteiger partial charge in [-0.25, -0.2) is 4.79 Å². The number of hydrogen-bond acceptors (Lipinski definition) is 4. The van der Waals surface area contributed by atoms with Gasteiger partial charge in [-0.3, -0.25) is 14.5 Å². The van der Waals surface area contributed by atoms with Crippen molar-refractivity contribution >= 4 is 17.8 Å². The fourth-order valence-corrected chi connectivity index (χ4v) is 3.47. The van der Waals surface area contributed by atoms with Gasteiger partial charge in [-0.2, -0.15) is 0 Å². The summed E-state index contributed by atoms with van der Waals surface area (Å²) in [5, 5.41) is 5.47. The highest BCUT2D eigenvalue weighted by atomic mass is 16.5. The molecule has 0 aromatic heterocycles. The molecule has 4 amide bonds. The SMILES string of the molecule is CC(C)c1ccc([C@]2(C)NC(=O)N(CC(=O)NC[C@@H]3CCCO3)C2=O)cc1. The molecule has 0 unspecified atom stereocenters. The van der Waals surface area contributed by atoms with Crippen molar-refractivity contribution in [3.8, 4) is 0 Å². The highest BCUT2D eigenvalue weighted by Gasteiger charge is 2.49. The van der Waals surface area contributed by atoms with Gasteiger partial charge in [0.15, 0.2) is 0 Å². The monoisotopic (exact) mass is 373 g/mol. The first-order valence-electron chi connectivity index (χ1n) is 9.44. The Morgan fingerprint density at radius 1 is 1.33 bits per heavy atom. The highest BCUT2D eigenvalue weighted by molar-refractivity contribution is 6.09. The lowest BCUT2D eigenvalue weighted by atomic mass is 9.90. The Balaban J connectivity index is 1.65. The van der Waals surface area contributed by atoms with Crippen molar-refractivity contribution < 1.29 is 19.1 Å². The molecular weight excluding hydrogens is 346 g/mol. The largest absolute Gasteiger partial charge is 0.376 e. The van der Waals surface area contributed by atoms with E-state index in [4.69, 9.17) is 4.74 Å². The molecule has 2 aliphatic rings. The van der Waals surface area contributed by atoms with E-state index in [0.29, 0.717) is 24.6 Å². The summed E-state index contributed by atoms with van der Waals surface area (Å²) in [5.41, 5.74) is 0.693. The van der Waals surface area contributed by atoms with Gasteiger partial charge in [-0.1, -0.05) is 38.1 Å². The smallest absolute Gasteiger partial charge is 0.325 e. The van der Waals surface area contributed by atoms with Crippen LogP contribution in [0.1, 0.15) is 50.7 Å². The number of ether oxygens (including phenoxy) is 1. The van der Waals surface area contributed by atoms with Crippen molar-refractivity contribution in [2.75, 3.05) is 19.7 Å². The van der Waals surface area contributed by atoms with Crippen LogP contribution >= 0.6 is 0 Å². The lowest BCUT2D eigenvalue weighted by molar-refractivity contribution is -0.134. The molecule has 0 aliphatic carbocycles. The van der Waals surface area contributed by atoms with E-state index in [1.165, 1.54) is 0 Å². The Labute approximate surface area is 159 Å². The lowest BCUT2D eigenvalue weighted by Crippen LogP contribution is -2.44. The Kier molecular flexibility index (Phi) is 5.51. The molecular formula is C20H27N3O4. The van der Waals surface area contributed by atoms with Crippen LogP contribution in [0.5, 0.6) is 0 Å². The molecule has 2 heterocycles. The Morgan fingerprint density at radius 2 is 2.04 bits per heavy atom. The molecule has 0 saturated carbocycles. The van der Waals surface area contributed by atoms with E-state index in [2.05, 4.69) is 24.5 Å². The van der Waals surface area contributed by atoms with Gasteiger partial charge in [-0.05, 0) is 36.8 Å². The molecule has 7 nitrogen and oxygen atoms in total. The standard InChI is InChI=1S/C20H27N3O4/c1-13(2)14-6-8-15(9-7-14)20(3)18(25)23(19(26)22-20)12-17(24)21-11-16-5-4-10-27-16/h6-9,13,16H,4-5,10-12H2,1-3H3,(H,21,24)(H,22,26)/t16-,20-/m0/s1. The number of nitrogens with one attached hydrogen (secondary N) is 2. The number of urea groups is 1. The summed E-state index contributed by atoms with van der Waals surface area (Å²) in [4.78, 5) is 38.4. The van der Waals surface area contributed by atoms with Crippen molar-refractivity contribution in [3.63, 3.8) is 0 Å². The van der Waals surface area contributed by atoms with Crippen molar-refractivity contribution in [2.24, 2.45) is 0 Å². The van der Waals surface area contributed by atoms with Gasteiger partial charge >= 0.3 is 6.03 Å². The molecule has 0 bridgehead atoms. The van der Waals surface area contributed by atoms with Crippen molar-refractivity contribution in [1.29, 1.82) is 0 Å². The third-order valence-corrected chi connectivity index (χ3v) is 5.28. The van der Waals surface area contributed by atoms with Gasteiger partial charge in [-0.15, -0.1) is 0 Å². The van der Waals surface area contributed by atoms with Gasteiger partial charge in [0.25, 0.3) is 5.91 Å². The average Bonchev–Trinajstić information content (AvgIpc) is 3.23. The number of rotatable bonds is 6. The van der Waals surface area contributed by atoms with Crippen LogP contribution in [0.2, 0.25) is 0 Å². The maximum absolute atomic E-state index is 12.9. The minimum Gasteiger partial charge on any atom is -0.376 e. The van der Waals surface area contributed by atoms with Crippen LogP contribution in [-0.4, -0.2) is 48.5 Å². The molecule has 27 heavy (non-hydrogen) atoms. The summed E-state index contributed by atoms with van der Waals surface area (Å²) >= 11 is 0. The average molecular weight is 373 g/mol. The number of nitrogens with zero attached hydrogens (tertiary/aromatic N) is 1. The van der Waals surface area contributed by atoms with Crippen LogP contribution in [0.3, 0.4) is 0 Å². The summed E-state index contributed by atoms with van der Waals surface area (Å²) < 4.78 is 5.46. The van der Waals surface area contributed by atoms with Crippen molar-refractivity contribution in [1.82, 2.24) is 15.5 Å². The third kappa shape index (κ3) is 3.98. The molecule has 146 valence electrons. The molecule has 2 atom stereocenters. The van der Waals surface area contributed by atoms with E-state index in [9.17, 15) is 14.4 Å². The summed E-state index contributed by atoms with van der Waals surface area (Å²) in [5.74, 6) is -0.407. The van der Waals surface area contributed by atoms with Crippen LogP contribution in [-0.2, 0) is 19.9 Å². The summed E-state index contributed by atoms with van der Waals surface area (Å²) in [6.07, 6.45) is 1.91. The van der Waals surface area contributed by atoms with Crippen LogP contribution < -0.4 is 10.6 Å². The molecule has 2 N–H and O–H groups in total. The van der Waals surface area contributed by atoms with Gasteiger partial charge in [0.2, 0.25) is 5.91 Å². The topological polar surface area (TPSA) is 87.7 Å². The van der Waals surface area contributed by atoms with E-state index < -0.39 is 17.5 Å². The second-order valence-electron chi connectivity index (χ2n) is 7.66. The van der Waals surface area contributed by atoms with E-state index in [1.54, 1.807) is 6.92 Å². The van der Waals surface area contributed by atoms with E-state index >= 15 is 0 Å². The summed E-state index contributed by atoms with van der Waals surface area (Å²) in [6, 6.07) is 7.08. The van der Waals surface area contributed by atoms with Crippen LogP contribution in [0.4, 0.5) is 4.79 Å². The summed E-state index contributed by atoms with van der Waals surface area (Å²) in [6.45, 7) is 6.67. The number of benzene rings is 1. The van der Waals surface area contributed by atoms with Crippen molar-refractivity contribution in [2.45, 2.75) is 51.2 Å². The molecule has 1 aromatic carbocycles. The summed E-state index contributed by atoms with van der Waals surface area (Å²) in [7, 11) is 0. The molecule has 0 radical (unpaired) electrons. The molecule has 1 aromatic rings. The van der Waals surface area contributed by atoms with Crippen LogP contribution in [0.15, 0.2) is 24.3 Å². The number of carbonyl (C=O) groups is 3. The third-order valence-electron chi connectivity index (χ3n) is 5.28. The second-order valence-corrected chi connectivity index (χ2v) is 7.66. The van der Waals surface area contributed by atoms with E-state index in [-0.39, 0.29) is 18.6 Å². The Morgan fingerprint density at radius 3 is 2.63 bits per heavy atom. The maximum atomic E-state index is 12.9. The lowest BCUT2D eigenvalue weighted by Gasteiger charge is -2.23. The zero-order valence-electron chi connectivity index (χ0n) is 16.1. The van der Waals surface area contributed by atoms with E-state index in [0.717, 1.165) is 23.3 Å². The van der Waals surface area contributed by atoms with Gasteiger partial charge < -0.3 is 15.4 Å². The minimum atomic E-state index is -1.17. The molecule has 3 rings (SSSR count). The van der Waals surface area contributed by atoms with Gasteiger partial charge in [0.05, 0.1) is 6.10 Å². The first kappa shape index (κ1) is 19.4. The predicted molar refractivity (Wildman–Crippen MR) is 100 cm³/mol.